The molecule has 90 valence electrons. The fourth-order valence-corrected chi connectivity index (χ4v) is 2.16. The van der Waals surface area contributed by atoms with E-state index in [0.717, 1.165) is 16.6 Å². The lowest BCUT2D eigenvalue weighted by molar-refractivity contribution is 0.687. The Bertz CT molecular complexity index is 559. The summed E-state index contributed by atoms with van der Waals surface area (Å²) >= 11 is 5.92. The van der Waals surface area contributed by atoms with Crippen LogP contribution < -0.4 is 5.32 Å². The van der Waals surface area contributed by atoms with Gasteiger partial charge in [0.25, 0.3) is 0 Å². The monoisotopic (exact) mass is 268 g/mol. The third-order valence-corrected chi connectivity index (χ3v) is 3.42. The number of rotatable bonds is 4. The average Bonchev–Trinajstić information content (AvgIpc) is 2.28. The highest BCUT2D eigenvalue weighted by Gasteiger charge is 2.02. The van der Waals surface area contributed by atoms with Crippen LogP contribution in [-0.2, 0) is 10.8 Å². The van der Waals surface area contributed by atoms with Crippen molar-refractivity contribution in [1.82, 2.24) is 4.98 Å². The van der Waals surface area contributed by atoms with Gasteiger partial charge in [0, 0.05) is 51.6 Å². The lowest BCUT2D eigenvalue weighted by atomic mass is 10.2. The smallest absolute Gasteiger partial charge is 0.0737 e. The molecule has 0 aliphatic heterocycles. The minimum atomic E-state index is -0.776. The quantitative estimate of drug-likeness (QED) is 0.927. The first-order valence-electron chi connectivity index (χ1n) is 5.25. The number of hydrogen-bond donors (Lipinski definition) is 1. The number of hydrogen-bond acceptors (Lipinski definition) is 3. The first kappa shape index (κ1) is 12.3. The van der Waals surface area contributed by atoms with Crippen molar-refractivity contribution in [2.45, 2.75) is 0 Å². The van der Waals surface area contributed by atoms with E-state index in [1.165, 1.54) is 0 Å². The predicted octanol–water partition coefficient (Wildman–Crippen LogP) is 2.68. The van der Waals surface area contributed by atoms with Crippen molar-refractivity contribution in [2.24, 2.45) is 0 Å². The van der Waals surface area contributed by atoms with Crippen molar-refractivity contribution in [2.75, 3.05) is 23.9 Å². The van der Waals surface area contributed by atoms with E-state index in [9.17, 15) is 4.21 Å². The second-order valence-electron chi connectivity index (χ2n) is 3.72. The lowest BCUT2D eigenvalue weighted by Gasteiger charge is -2.08. The van der Waals surface area contributed by atoms with Gasteiger partial charge in [0.05, 0.1) is 5.52 Å². The maximum absolute atomic E-state index is 11.0. The number of pyridine rings is 1. The molecule has 2 aromatic rings. The van der Waals surface area contributed by atoms with Gasteiger partial charge >= 0.3 is 0 Å². The Morgan fingerprint density at radius 2 is 2.24 bits per heavy atom. The fraction of sp³-hybridized carbons (Fsp3) is 0.250. The summed E-state index contributed by atoms with van der Waals surface area (Å²) in [6.07, 6.45) is 3.44. The minimum Gasteiger partial charge on any atom is -0.384 e. The van der Waals surface area contributed by atoms with Gasteiger partial charge in [0.2, 0.25) is 0 Å². The summed E-state index contributed by atoms with van der Waals surface area (Å²) in [5, 5.41) is 4.97. The van der Waals surface area contributed by atoms with Crippen molar-refractivity contribution < 1.29 is 4.21 Å². The molecule has 0 radical (unpaired) electrons. The number of anilines is 1. The molecule has 2 rings (SSSR count). The van der Waals surface area contributed by atoms with Crippen LogP contribution in [0.25, 0.3) is 10.9 Å². The minimum absolute atomic E-state index is 0.636. The van der Waals surface area contributed by atoms with Gasteiger partial charge in [-0.1, -0.05) is 11.6 Å². The molecule has 0 amide bonds. The molecule has 0 saturated heterocycles. The molecule has 3 nitrogen and oxygen atoms in total. The van der Waals surface area contributed by atoms with Crippen LogP contribution in [0.4, 0.5) is 5.69 Å². The Kier molecular flexibility index (Phi) is 3.97. The highest BCUT2D eigenvalue weighted by molar-refractivity contribution is 7.84. The van der Waals surface area contributed by atoms with Gasteiger partial charge in [0.1, 0.15) is 0 Å². The number of nitrogens with zero attached hydrogens (tertiary/aromatic N) is 1. The van der Waals surface area contributed by atoms with E-state index >= 15 is 0 Å². The van der Waals surface area contributed by atoms with Gasteiger partial charge < -0.3 is 5.32 Å². The first-order valence-corrected chi connectivity index (χ1v) is 7.35. The maximum Gasteiger partial charge on any atom is 0.0737 e. The summed E-state index contributed by atoms with van der Waals surface area (Å²) < 4.78 is 11.0. The van der Waals surface area contributed by atoms with Crippen molar-refractivity contribution in [3.05, 3.63) is 35.5 Å². The van der Waals surface area contributed by atoms with Crippen molar-refractivity contribution in [1.29, 1.82) is 0 Å². The van der Waals surface area contributed by atoms with E-state index in [2.05, 4.69) is 10.3 Å². The van der Waals surface area contributed by atoms with E-state index < -0.39 is 10.8 Å². The van der Waals surface area contributed by atoms with Crippen LogP contribution in [0.1, 0.15) is 0 Å². The van der Waals surface area contributed by atoms with E-state index in [4.69, 9.17) is 11.6 Å². The van der Waals surface area contributed by atoms with E-state index in [1.807, 2.05) is 24.3 Å². The van der Waals surface area contributed by atoms with E-state index in [1.54, 1.807) is 12.5 Å². The number of aromatic nitrogens is 1. The molecule has 0 spiro atoms. The zero-order chi connectivity index (χ0) is 12.3. The van der Waals surface area contributed by atoms with Crippen LogP contribution in [0.5, 0.6) is 0 Å². The number of benzene rings is 1. The van der Waals surface area contributed by atoms with Crippen LogP contribution in [-0.4, -0.2) is 27.7 Å². The summed E-state index contributed by atoms with van der Waals surface area (Å²) in [7, 11) is -0.776. The summed E-state index contributed by atoms with van der Waals surface area (Å²) in [4.78, 5) is 4.26. The molecule has 0 bridgehead atoms. The van der Waals surface area contributed by atoms with Gasteiger partial charge in [-0.25, -0.2) is 0 Å². The lowest BCUT2D eigenvalue weighted by Crippen LogP contribution is -2.10. The summed E-state index contributed by atoms with van der Waals surface area (Å²) in [5.41, 5.74) is 1.86. The molecule has 1 atom stereocenters. The number of nitrogens with one attached hydrogen (secondary N) is 1. The van der Waals surface area contributed by atoms with Crippen LogP contribution in [0.3, 0.4) is 0 Å². The Morgan fingerprint density at radius 3 is 3.00 bits per heavy atom. The molecular formula is C12H13ClN2OS. The average molecular weight is 269 g/mol. The van der Waals surface area contributed by atoms with Gasteiger partial charge in [-0.3, -0.25) is 9.19 Å². The normalized spacial score (nSPS) is 12.6. The molecule has 0 saturated carbocycles. The Balaban J connectivity index is 2.25. The molecule has 1 N–H and O–H groups in total. The predicted molar refractivity (Wildman–Crippen MR) is 74.2 cm³/mol. The molecule has 5 heteroatoms. The van der Waals surface area contributed by atoms with Gasteiger partial charge in [-0.2, -0.15) is 0 Å². The topological polar surface area (TPSA) is 42.0 Å². The summed E-state index contributed by atoms with van der Waals surface area (Å²) in [6.45, 7) is 0.685. The molecule has 1 unspecified atom stereocenters. The molecule has 17 heavy (non-hydrogen) atoms. The molecule has 1 aromatic heterocycles. The SMILES string of the molecule is CS(=O)CCNc1ccnc2cc(Cl)ccc12. The maximum atomic E-state index is 11.0. The highest BCUT2D eigenvalue weighted by Crippen LogP contribution is 2.24. The van der Waals surface area contributed by atoms with Gasteiger partial charge in [0.15, 0.2) is 0 Å². The van der Waals surface area contributed by atoms with E-state index in [-0.39, 0.29) is 0 Å². The molecule has 1 heterocycles. The Morgan fingerprint density at radius 1 is 1.41 bits per heavy atom. The Hall–Kier alpha value is -1.13. The van der Waals surface area contributed by atoms with Crippen molar-refractivity contribution >= 4 is 39.0 Å². The largest absolute Gasteiger partial charge is 0.384 e. The first-order chi connectivity index (χ1) is 8.16. The van der Waals surface area contributed by atoms with Gasteiger partial charge in [-0.15, -0.1) is 0 Å². The molecular weight excluding hydrogens is 256 g/mol. The van der Waals surface area contributed by atoms with Gasteiger partial charge in [-0.05, 0) is 24.3 Å². The van der Waals surface area contributed by atoms with Crippen LogP contribution in [0.15, 0.2) is 30.5 Å². The zero-order valence-electron chi connectivity index (χ0n) is 9.44. The number of fused-ring (bicyclic) bond motifs is 1. The van der Waals surface area contributed by atoms with E-state index in [0.29, 0.717) is 17.3 Å². The van der Waals surface area contributed by atoms with Crippen LogP contribution in [0, 0.1) is 0 Å². The Labute approximate surface area is 108 Å². The summed E-state index contributed by atoms with van der Waals surface area (Å²) in [5.74, 6) is 0.636. The highest BCUT2D eigenvalue weighted by atomic mass is 35.5. The van der Waals surface area contributed by atoms with Crippen molar-refractivity contribution in [3.8, 4) is 0 Å². The second kappa shape index (κ2) is 5.47. The molecule has 0 aliphatic carbocycles. The van der Waals surface area contributed by atoms with Crippen molar-refractivity contribution in [3.63, 3.8) is 0 Å². The molecule has 1 aromatic carbocycles. The third kappa shape index (κ3) is 3.17. The second-order valence-corrected chi connectivity index (χ2v) is 5.72. The molecule has 0 fully saturated rings. The zero-order valence-corrected chi connectivity index (χ0v) is 11.0. The fourth-order valence-electron chi connectivity index (χ4n) is 1.60. The van der Waals surface area contributed by atoms with Crippen LogP contribution >= 0.6 is 11.6 Å². The standard InChI is InChI=1S/C12H13ClN2OS/c1-17(16)7-6-15-11-4-5-14-12-8-9(13)2-3-10(11)12/h2-5,8H,6-7H2,1H3,(H,14,15). The molecule has 0 aliphatic rings. The summed E-state index contributed by atoms with van der Waals surface area (Å²) in [6, 6.07) is 7.53. The number of halogens is 1. The third-order valence-electron chi connectivity index (χ3n) is 2.41. The van der Waals surface area contributed by atoms with Crippen LogP contribution in [0.2, 0.25) is 5.02 Å².